The molecule has 8 nitrogen and oxygen atoms in total. The fraction of sp³-hybridized carbons (Fsp3) is 0.625. The minimum atomic E-state index is -1.37. The zero-order chi connectivity index (χ0) is 26.7. The predicted molar refractivity (Wildman–Crippen MR) is 122 cm³/mol. The van der Waals surface area contributed by atoms with Gasteiger partial charge >= 0.3 is 6.09 Å². The topological polar surface area (TPSA) is 99.2 Å². The number of nitrogens with zero attached hydrogens (tertiary/aromatic N) is 2. The molecule has 1 aromatic rings. The molecule has 0 aliphatic carbocycles. The van der Waals surface area contributed by atoms with Gasteiger partial charge in [0, 0.05) is 37.2 Å². The number of rotatable bonds is 7. The van der Waals surface area contributed by atoms with Crippen LogP contribution in [-0.4, -0.2) is 75.7 Å². The lowest BCUT2D eigenvalue weighted by atomic mass is 9.95. The highest BCUT2D eigenvalue weighted by atomic mass is 19.2. The molecule has 0 saturated carbocycles. The molecule has 1 fully saturated rings. The standard InChI is InChI=1S/C24H34F3N3O5/c1-23(2,3)30(22(33)34)15(9-14-10-17(26)18(27)12-16(14)25)11-20(31)29-8-7-28-21(32)19(29)13-35-24(4,5)6/h10,12,15,19H,7-9,11,13H2,1-6H3,(H,28,32)(H,33,34). The van der Waals surface area contributed by atoms with Gasteiger partial charge in [-0.15, -0.1) is 0 Å². The lowest BCUT2D eigenvalue weighted by Crippen LogP contribution is -2.60. The number of benzene rings is 1. The molecule has 3 amide bonds. The zero-order valence-corrected chi connectivity index (χ0v) is 21.0. The van der Waals surface area contributed by atoms with Gasteiger partial charge in [-0.3, -0.25) is 14.5 Å². The van der Waals surface area contributed by atoms with Crippen LogP contribution in [0.4, 0.5) is 18.0 Å². The van der Waals surface area contributed by atoms with Crippen LogP contribution in [0.2, 0.25) is 0 Å². The van der Waals surface area contributed by atoms with Gasteiger partial charge in [-0.25, -0.2) is 18.0 Å². The van der Waals surface area contributed by atoms with Gasteiger partial charge in [0.1, 0.15) is 11.9 Å². The average molecular weight is 502 g/mol. The van der Waals surface area contributed by atoms with Gasteiger partial charge in [-0.05, 0) is 59.6 Å². The smallest absolute Gasteiger partial charge is 0.408 e. The van der Waals surface area contributed by atoms with Crippen molar-refractivity contribution in [2.45, 2.75) is 77.6 Å². The van der Waals surface area contributed by atoms with Gasteiger partial charge in [-0.1, -0.05) is 0 Å². The SMILES string of the molecule is CC(C)(C)OCC1C(=O)NCCN1C(=O)CC(Cc1cc(F)c(F)cc1F)N(C(=O)O)C(C)(C)C. The maximum absolute atomic E-state index is 14.4. The van der Waals surface area contributed by atoms with E-state index in [2.05, 4.69) is 5.32 Å². The number of nitrogens with one attached hydrogen (secondary N) is 1. The van der Waals surface area contributed by atoms with Crippen LogP contribution in [0.25, 0.3) is 0 Å². The van der Waals surface area contributed by atoms with Crippen molar-refractivity contribution in [2.75, 3.05) is 19.7 Å². The summed E-state index contributed by atoms with van der Waals surface area (Å²) < 4.78 is 47.4. The average Bonchev–Trinajstić information content (AvgIpc) is 2.68. The highest BCUT2D eigenvalue weighted by Crippen LogP contribution is 2.26. The third kappa shape index (κ3) is 7.58. The minimum Gasteiger partial charge on any atom is -0.465 e. The molecule has 0 aromatic heterocycles. The Bertz CT molecular complexity index is 959. The Balaban J connectivity index is 2.39. The molecule has 0 spiro atoms. The van der Waals surface area contributed by atoms with E-state index >= 15 is 0 Å². The summed E-state index contributed by atoms with van der Waals surface area (Å²) in [6.45, 7) is 10.6. The first-order chi connectivity index (χ1) is 16.0. The van der Waals surface area contributed by atoms with E-state index in [9.17, 15) is 32.7 Å². The van der Waals surface area contributed by atoms with E-state index in [-0.39, 0.29) is 31.7 Å². The number of amides is 3. The number of carboxylic acid groups (broad SMARTS) is 1. The number of halogens is 3. The molecule has 2 atom stereocenters. The Kier molecular flexibility index (Phi) is 8.80. The summed E-state index contributed by atoms with van der Waals surface area (Å²) in [5.41, 5.74) is -1.83. The van der Waals surface area contributed by atoms with Gasteiger partial charge in [0.25, 0.3) is 0 Å². The zero-order valence-electron chi connectivity index (χ0n) is 21.0. The van der Waals surface area contributed by atoms with E-state index in [1.54, 1.807) is 41.5 Å². The molecule has 35 heavy (non-hydrogen) atoms. The van der Waals surface area contributed by atoms with E-state index in [0.717, 1.165) is 4.90 Å². The summed E-state index contributed by atoms with van der Waals surface area (Å²) in [6, 6.07) is -0.989. The molecule has 2 rings (SSSR count). The van der Waals surface area contributed by atoms with Gasteiger partial charge in [0.05, 0.1) is 12.2 Å². The van der Waals surface area contributed by atoms with Crippen molar-refractivity contribution >= 4 is 17.9 Å². The Morgan fingerprint density at radius 2 is 1.74 bits per heavy atom. The number of hydrogen-bond acceptors (Lipinski definition) is 4. The monoisotopic (exact) mass is 501 g/mol. The van der Waals surface area contributed by atoms with Crippen LogP contribution in [0.15, 0.2) is 12.1 Å². The number of piperazine rings is 1. The minimum absolute atomic E-state index is 0.0640. The van der Waals surface area contributed by atoms with E-state index in [1.807, 2.05) is 0 Å². The van der Waals surface area contributed by atoms with E-state index in [0.29, 0.717) is 12.1 Å². The Labute approximate surface area is 203 Å². The lowest BCUT2D eigenvalue weighted by Gasteiger charge is -2.41. The van der Waals surface area contributed by atoms with Crippen molar-refractivity contribution in [3.8, 4) is 0 Å². The normalized spacial score (nSPS) is 17.7. The molecule has 1 heterocycles. The van der Waals surface area contributed by atoms with Crippen LogP contribution in [0.3, 0.4) is 0 Å². The van der Waals surface area contributed by atoms with E-state index in [4.69, 9.17) is 4.74 Å². The highest BCUT2D eigenvalue weighted by molar-refractivity contribution is 5.89. The second kappa shape index (κ2) is 10.8. The lowest BCUT2D eigenvalue weighted by molar-refractivity contribution is -0.149. The third-order valence-corrected chi connectivity index (χ3v) is 5.57. The molecule has 1 aliphatic rings. The second-order valence-corrected chi connectivity index (χ2v) is 10.6. The van der Waals surface area contributed by atoms with Crippen molar-refractivity contribution in [3.63, 3.8) is 0 Å². The Morgan fingerprint density at radius 1 is 1.14 bits per heavy atom. The summed E-state index contributed by atoms with van der Waals surface area (Å²) in [5, 5.41) is 12.6. The molecule has 196 valence electrons. The maximum atomic E-state index is 14.4. The van der Waals surface area contributed by atoms with Crippen LogP contribution >= 0.6 is 0 Å². The first-order valence-electron chi connectivity index (χ1n) is 11.4. The molecule has 0 radical (unpaired) electrons. The quantitative estimate of drug-likeness (QED) is 0.559. The molecular weight excluding hydrogens is 467 g/mol. The summed E-state index contributed by atoms with van der Waals surface area (Å²) in [5.74, 6) is -4.63. The number of carbonyl (C=O) groups is 3. The molecule has 0 bridgehead atoms. The second-order valence-electron chi connectivity index (χ2n) is 10.6. The van der Waals surface area contributed by atoms with Crippen molar-refractivity contribution in [3.05, 3.63) is 35.1 Å². The summed E-state index contributed by atoms with van der Waals surface area (Å²) in [7, 11) is 0. The van der Waals surface area contributed by atoms with Crippen molar-refractivity contribution < 1.29 is 37.4 Å². The van der Waals surface area contributed by atoms with E-state index < -0.39 is 65.0 Å². The van der Waals surface area contributed by atoms with Crippen molar-refractivity contribution in [1.82, 2.24) is 15.1 Å². The van der Waals surface area contributed by atoms with Gasteiger partial charge < -0.3 is 20.1 Å². The first kappa shape index (κ1) is 28.4. The molecule has 1 aliphatic heterocycles. The fourth-order valence-corrected chi connectivity index (χ4v) is 4.05. The molecule has 2 N–H and O–H groups in total. The Hall–Kier alpha value is -2.82. The van der Waals surface area contributed by atoms with Gasteiger partial charge in [-0.2, -0.15) is 0 Å². The molecule has 1 saturated heterocycles. The summed E-state index contributed by atoms with van der Waals surface area (Å²) >= 11 is 0. The molecular formula is C24H34F3N3O5. The number of ether oxygens (including phenoxy) is 1. The van der Waals surface area contributed by atoms with Crippen LogP contribution in [0.1, 0.15) is 53.5 Å². The maximum Gasteiger partial charge on any atom is 0.408 e. The molecule has 1 aromatic carbocycles. The largest absolute Gasteiger partial charge is 0.465 e. The first-order valence-corrected chi connectivity index (χ1v) is 11.4. The molecule has 2 unspecified atom stereocenters. The van der Waals surface area contributed by atoms with Crippen LogP contribution in [0.5, 0.6) is 0 Å². The van der Waals surface area contributed by atoms with Crippen LogP contribution in [-0.2, 0) is 20.7 Å². The Morgan fingerprint density at radius 3 is 2.29 bits per heavy atom. The van der Waals surface area contributed by atoms with Gasteiger partial charge in [0.2, 0.25) is 11.8 Å². The van der Waals surface area contributed by atoms with Crippen molar-refractivity contribution in [1.29, 1.82) is 0 Å². The van der Waals surface area contributed by atoms with Gasteiger partial charge in [0.15, 0.2) is 11.6 Å². The third-order valence-electron chi connectivity index (χ3n) is 5.57. The predicted octanol–water partition coefficient (Wildman–Crippen LogP) is 3.33. The molecule has 11 heteroatoms. The summed E-state index contributed by atoms with van der Waals surface area (Å²) in [4.78, 5) is 40.4. The highest BCUT2D eigenvalue weighted by Gasteiger charge is 2.39. The van der Waals surface area contributed by atoms with Crippen molar-refractivity contribution in [2.24, 2.45) is 0 Å². The fourth-order valence-electron chi connectivity index (χ4n) is 4.05. The number of hydrogen-bond donors (Lipinski definition) is 2. The number of carbonyl (C=O) groups excluding carboxylic acids is 2. The van der Waals surface area contributed by atoms with E-state index in [1.165, 1.54) is 4.90 Å². The van der Waals surface area contributed by atoms with Crippen LogP contribution < -0.4 is 5.32 Å². The van der Waals surface area contributed by atoms with Crippen LogP contribution in [0, 0.1) is 17.5 Å². The summed E-state index contributed by atoms with van der Waals surface area (Å²) in [6.07, 6.45) is -2.13.